The number of carbonyl (C=O) groups is 1. The molecule has 116 valence electrons. The van der Waals surface area contributed by atoms with Gasteiger partial charge in [0, 0.05) is 25.7 Å². The largest absolute Gasteiger partial charge is 0.374 e. The lowest BCUT2D eigenvalue weighted by atomic mass is 10.1. The highest BCUT2D eigenvalue weighted by Gasteiger charge is 2.25. The van der Waals surface area contributed by atoms with E-state index in [-0.39, 0.29) is 18.6 Å². The SMILES string of the molecule is C[C@@H](c1ccccc1)N1CCO[C@H](CN(C)CC(N)=O)C1. The summed E-state index contributed by atoms with van der Waals surface area (Å²) in [7, 11) is 1.90. The fourth-order valence-electron chi connectivity index (χ4n) is 2.82. The number of carbonyl (C=O) groups excluding carboxylic acids is 1. The van der Waals surface area contributed by atoms with E-state index in [1.165, 1.54) is 5.56 Å². The number of morpholine rings is 1. The van der Waals surface area contributed by atoms with E-state index in [2.05, 4.69) is 36.1 Å². The first kappa shape index (κ1) is 15.9. The highest BCUT2D eigenvalue weighted by Crippen LogP contribution is 2.22. The van der Waals surface area contributed by atoms with E-state index in [1.54, 1.807) is 0 Å². The minimum Gasteiger partial charge on any atom is -0.374 e. The van der Waals surface area contributed by atoms with Crippen molar-refractivity contribution in [3.8, 4) is 0 Å². The lowest BCUT2D eigenvalue weighted by Gasteiger charge is -2.38. The van der Waals surface area contributed by atoms with E-state index in [0.29, 0.717) is 6.04 Å². The van der Waals surface area contributed by atoms with Crippen LogP contribution >= 0.6 is 0 Å². The number of ether oxygens (including phenoxy) is 1. The normalized spacial score (nSPS) is 21.4. The van der Waals surface area contributed by atoms with Crippen molar-refractivity contribution in [1.82, 2.24) is 9.80 Å². The third kappa shape index (κ3) is 4.81. The van der Waals surface area contributed by atoms with Crippen molar-refractivity contribution in [2.45, 2.75) is 19.1 Å². The predicted octanol–water partition coefficient (Wildman–Crippen LogP) is 0.866. The number of benzene rings is 1. The molecule has 1 saturated heterocycles. The number of primary amides is 1. The van der Waals surface area contributed by atoms with Crippen LogP contribution in [-0.4, -0.2) is 61.6 Å². The molecule has 2 rings (SSSR count). The average Bonchev–Trinajstić information content (AvgIpc) is 2.46. The molecule has 5 nitrogen and oxygen atoms in total. The number of nitrogens with two attached hydrogens (primary N) is 1. The molecule has 0 bridgehead atoms. The number of hydrogen-bond acceptors (Lipinski definition) is 4. The van der Waals surface area contributed by atoms with Crippen LogP contribution in [0.5, 0.6) is 0 Å². The van der Waals surface area contributed by atoms with Crippen LogP contribution in [0.3, 0.4) is 0 Å². The van der Waals surface area contributed by atoms with Gasteiger partial charge in [-0.25, -0.2) is 0 Å². The molecule has 0 saturated carbocycles. The summed E-state index contributed by atoms with van der Waals surface area (Å²) in [5, 5.41) is 0. The molecule has 5 heteroatoms. The fourth-order valence-corrected chi connectivity index (χ4v) is 2.82. The van der Waals surface area contributed by atoms with Gasteiger partial charge in [0.25, 0.3) is 0 Å². The van der Waals surface area contributed by atoms with Crippen LogP contribution in [0.2, 0.25) is 0 Å². The maximum absolute atomic E-state index is 10.9. The summed E-state index contributed by atoms with van der Waals surface area (Å²) in [5.41, 5.74) is 6.54. The summed E-state index contributed by atoms with van der Waals surface area (Å²) >= 11 is 0. The van der Waals surface area contributed by atoms with Gasteiger partial charge in [-0.2, -0.15) is 0 Å². The maximum Gasteiger partial charge on any atom is 0.231 e. The Labute approximate surface area is 126 Å². The van der Waals surface area contributed by atoms with Crippen molar-refractivity contribution >= 4 is 5.91 Å². The van der Waals surface area contributed by atoms with E-state index >= 15 is 0 Å². The lowest BCUT2D eigenvalue weighted by Crippen LogP contribution is -2.48. The van der Waals surface area contributed by atoms with Gasteiger partial charge in [-0.3, -0.25) is 14.6 Å². The molecule has 1 fully saturated rings. The number of likely N-dealkylation sites (N-methyl/N-ethyl adjacent to an activating group) is 1. The monoisotopic (exact) mass is 291 g/mol. The zero-order valence-electron chi connectivity index (χ0n) is 12.9. The molecule has 1 amide bonds. The molecule has 1 heterocycles. The first-order chi connectivity index (χ1) is 10.1. The molecular formula is C16H25N3O2. The highest BCUT2D eigenvalue weighted by molar-refractivity contribution is 5.75. The second-order valence-electron chi connectivity index (χ2n) is 5.74. The van der Waals surface area contributed by atoms with Crippen molar-refractivity contribution in [3.05, 3.63) is 35.9 Å². The first-order valence-corrected chi connectivity index (χ1v) is 7.43. The van der Waals surface area contributed by atoms with Gasteiger partial charge in [0.05, 0.1) is 19.3 Å². The Morgan fingerprint density at radius 3 is 2.86 bits per heavy atom. The standard InChI is InChI=1S/C16H25N3O2/c1-13(14-6-4-3-5-7-14)19-8-9-21-15(11-19)10-18(2)12-16(17)20/h3-7,13,15H,8-12H2,1-2H3,(H2,17,20)/t13-,15+/m0/s1. The van der Waals surface area contributed by atoms with Crippen molar-refractivity contribution in [1.29, 1.82) is 0 Å². The fraction of sp³-hybridized carbons (Fsp3) is 0.562. The maximum atomic E-state index is 10.9. The smallest absolute Gasteiger partial charge is 0.231 e. The Hall–Kier alpha value is -1.43. The molecule has 21 heavy (non-hydrogen) atoms. The minimum atomic E-state index is -0.303. The van der Waals surface area contributed by atoms with Gasteiger partial charge in [0.15, 0.2) is 0 Å². The summed E-state index contributed by atoms with van der Waals surface area (Å²) < 4.78 is 5.81. The van der Waals surface area contributed by atoms with Crippen molar-refractivity contribution in [3.63, 3.8) is 0 Å². The van der Waals surface area contributed by atoms with Crippen LogP contribution in [-0.2, 0) is 9.53 Å². The summed E-state index contributed by atoms with van der Waals surface area (Å²) in [6, 6.07) is 10.9. The molecule has 0 aromatic heterocycles. The minimum absolute atomic E-state index is 0.120. The van der Waals surface area contributed by atoms with Crippen molar-refractivity contribution < 1.29 is 9.53 Å². The van der Waals surface area contributed by atoms with Gasteiger partial charge in [-0.1, -0.05) is 30.3 Å². The van der Waals surface area contributed by atoms with E-state index < -0.39 is 0 Å². The van der Waals surface area contributed by atoms with Gasteiger partial charge in [-0.15, -0.1) is 0 Å². The Morgan fingerprint density at radius 2 is 2.19 bits per heavy atom. The molecule has 2 atom stereocenters. The Bertz CT molecular complexity index is 452. The Morgan fingerprint density at radius 1 is 1.48 bits per heavy atom. The zero-order valence-corrected chi connectivity index (χ0v) is 12.9. The van der Waals surface area contributed by atoms with E-state index in [9.17, 15) is 4.79 Å². The molecule has 2 N–H and O–H groups in total. The number of rotatable bonds is 6. The molecule has 1 aliphatic heterocycles. The summed E-state index contributed by atoms with van der Waals surface area (Å²) in [4.78, 5) is 15.3. The summed E-state index contributed by atoms with van der Waals surface area (Å²) in [6.45, 7) is 5.76. The number of hydrogen-bond donors (Lipinski definition) is 1. The zero-order chi connectivity index (χ0) is 15.2. The van der Waals surface area contributed by atoms with Gasteiger partial charge < -0.3 is 10.5 Å². The highest BCUT2D eigenvalue weighted by atomic mass is 16.5. The van der Waals surface area contributed by atoms with Crippen LogP contribution in [0, 0.1) is 0 Å². The lowest BCUT2D eigenvalue weighted by molar-refractivity contribution is -0.119. The van der Waals surface area contributed by atoms with Crippen LogP contribution in [0.15, 0.2) is 30.3 Å². The van der Waals surface area contributed by atoms with Gasteiger partial charge in [0.2, 0.25) is 5.91 Å². The topological polar surface area (TPSA) is 58.8 Å². The van der Waals surface area contributed by atoms with E-state index in [4.69, 9.17) is 10.5 Å². The quantitative estimate of drug-likeness (QED) is 0.845. The van der Waals surface area contributed by atoms with Crippen molar-refractivity contribution in [2.24, 2.45) is 5.73 Å². The first-order valence-electron chi connectivity index (χ1n) is 7.43. The van der Waals surface area contributed by atoms with Gasteiger partial charge in [-0.05, 0) is 19.5 Å². The molecule has 1 aromatic rings. The molecule has 0 unspecified atom stereocenters. The average molecular weight is 291 g/mol. The van der Waals surface area contributed by atoms with Gasteiger partial charge in [0.1, 0.15) is 0 Å². The summed E-state index contributed by atoms with van der Waals surface area (Å²) in [6.07, 6.45) is 0.120. The predicted molar refractivity (Wildman–Crippen MR) is 82.9 cm³/mol. The Kier molecular flexibility index (Phi) is 5.73. The second kappa shape index (κ2) is 7.54. The van der Waals surface area contributed by atoms with Crippen LogP contribution in [0.4, 0.5) is 0 Å². The van der Waals surface area contributed by atoms with Crippen LogP contribution in [0.25, 0.3) is 0 Å². The third-order valence-corrected chi connectivity index (χ3v) is 3.94. The molecular weight excluding hydrogens is 266 g/mol. The summed E-state index contributed by atoms with van der Waals surface area (Å²) in [5.74, 6) is -0.303. The second-order valence-corrected chi connectivity index (χ2v) is 5.74. The molecule has 1 aliphatic rings. The molecule has 1 aromatic carbocycles. The molecule has 0 aliphatic carbocycles. The van der Waals surface area contributed by atoms with E-state index in [0.717, 1.165) is 26.2 Å². The molecule has 0 radical (unpaired) electrons. The number of amides is 1. The third-order valence-electron chi connectivity index (χ3n) is 3.94. The Balaban J connectivity index is 1.90. The molecule has 0 spiro atoms. The van der Waals surface area contributed by atoms with Gasteiger partial charge >= 0.3 is 0 Å². The van der Waals surface area contributed by atoms with E-state index in [1.807, 2.05) is 18.0 Å². The van der Waals surface area contributed by atoms with Crippen LogP contribution < -0.4 is 5.73 Å². The van der Waals surface area contributed by atoms with Crippen LogP contribution in [0.1, 0.15) is 18.5 Å². The van der Waals surface area contributed by atoms with Crippen molar-refractivity contribution in [2.75, 3.05) is 39.8 Å². The number of nitrogens with zero attached hydrogens (tertiary/aromatic N) is 2.